The lowest BCUT2D eigenvalue weighted by molar-refractivity contribution is -0.105. The second-order valence-corrected chi connectivity index (χ2v) is 3.00. The number of hydrogen-bond donors (Lipinski definition) is 1. The van der Waals surface area contributed by atoms with Gasteiger partial charge in [0.25, 0.3) is 0 Å². The number of halogens is 2. The maximum Gasteiger partial charge on any atom is 0.211 e. The zero-order chi connectivity index (χ0) is 9.84. The van der Waals surface area contributed by atoms with Crippen molar-refractivity contribution in [3.63, 3.8) is 0 Å². The number of carbonyl (C=O) groups excluding carboxylic acids is 1. The summed E-state index contributed by atoms with van der Waals surface area (Å²) in [5.41, 5.74) is 0.670. The van der Waals surface area contributed by atoms with Crippen molar-refractivity contribution in [3.8, 4) is 6.07 Å². The maximum absolute atomic E-state index is 10.1. The second kappa shape index (κ2) is 4.13. The van der Waals surface area contributed by atoms with E-state index in [1.807, 2.05) is 6.07 Å². The van der Waals surface area contributed by atoms with E-state index in [2.05, 4.69) is 5.32 Å². The van der Waals surface area contributed by atoms with Gasteiger partial charge in [-0.2, -0.15) is 5.26 Å². The van der Waals surface area contributed by atoms with E-state index >= 15 is 0 Å². The summed E-state index contributed by atoms with van der Waals surface area (Å²) in [6.07, 6.45) is 0.471. The lowest BCUT2D eigenvalue weighted by Gasteiger charge is -2.04. The van der Waals surface area contributed by atoms with Crippen molar-refractivity contribution in [2.75, 3.05) is 5.32 Å². The molecular formula is C8H4Cl2N2O. The molecule has 66 valence electrons. The summed E-state index contributed by atoms with van der Waals surface area (Å²) in [6.45, 7) is 0. The number of carbonyl (C=O) groups is 1. The van der Waals surface area contributed by atoms with Gasteiger partial charge in [-0.25, -0.2) is 0 Å². The van der Waals surface area contributed by atoms with E-state index in [9.17, 15) is 4.79 Å². The number of anilines is 1. The van der Waals surface area contributed by atoms with Crippen LogP contribution in [-0.2, 0) is 4.79 Å². The average molecular weight is 215 g/mol. The number of nitriles is 1. The van der Waals surface area contributed by atoms with Gasteiger partial charge in [-0.05, 0) is 12.1 Å². The number of nitrogens with zero attached hydrogens (tertiary/aromatic N) is 1. The molecule has 0 aromatic heterocycles. The van der Waals surface area contributed by atoms with E-state index in [1.165, 1.54) is 12.1 Å². The summed E-state index contributed by atoms with van der Waals surface area (Å²) in [7, 11) is 0. The quantitative estimate of drug-likeness (QED) is 0.770. The van der Waals surface area contributed by atoms with Crippen LogP contribution in [0.1, 0.15) is 5.56 Å². The van der Waals surface area contributed by atoms with Crippen LogP contribution < -0.4 is 5.32 Å². The normalized spacial score (nSPS) is 9.00. The van der Waals surface area contributed by atoms with Crippen LogP contribution in [-0.4, -0.2) is 6.41 Å². The zero-order valence-electron chi connectivity index (χ0n) is 6.34. The molecule has 3 nitrogen and oxygen atoms in total. The third kappa shape index (κ3) is 2.11. The molecule has 0 unspecified atom stereocenters. The first-order chi connectivity index (χ1) is 6.19. The molecule has 1 aromatic rings. The van der Waals surface area contributed by atoms with Gasteiger partial charge in [0, 0.05) is 0 Å². The molecule has 0 bridgehead atoms. The lowest BCUT2D eigenvalue weighted by Crippen LogP contribution is -1.96. The minimum Gasteiger partial charge on any atom is -0.326 e. The van der Waals surface area contributed by atoms with Crippen LogP contribution in [0.4, 0.5) is 5.69 Å². The number of benzene rings is 1. The highest BCUT2D eigenvalue weighted by molar-refractivity contribution is 6.39. The molecule has 0 aliphatic carbocycles. The molecule has 0 fully saturated rings. The van der Waals surface area contributed by atoms with E-state index in [-0.39, 0.29) is 10.0 Å². The highest BCUT2D eigenvalue weighted by Crippen LogP contribution is 2.30. The van der Waals surface area contributed by atoms with Gasteiger partial charge >= 0.3 is 0 Å². The van der Waals surface area contributed by atoms with E-state index in [0.29, 0.717) is 17.7 Å². The van der Waals surface area contributed by atoms with Crippen molar-refractivity contribution in [1.82, 2.24) is 0 Å². The summed E-state index contributed by atoms with van der Waals surface area (Å²) in [6, 6.07) is 4.75. The summed E-state index contributed by atoms with van der Waals surface area (Å²) in [4.78, 5) is 10.1. The molecule has 1 N–H and O–H groups in total. The molecule has 1 amide bonds. The molecule has 1 aromatic carbocycles. The van der Waals surface area contributed by atoms with Gasteiger partial charge in [-0.15, -0.1) is 0 Å². The Morgan fingerprint density at radius 1 is 1.38 bits per heavy atom. The Kier molecular flexibility index (Phi) is 3.13. The van der Waals surface area contributed by atoms with Gasteiger partial charge < -0.3 is 5.32 Å². The molecule has 0 aliphatic heterocycles. The first-order valence-electron chi connectivity index (χ1n) is 3.28. The van der Waals surface area contributed by atoms with Gasteiger partial charge in [-0.1, -0.05) is 23.2 Å². The van der Waals surface area contributed by atoms with E-state index in [1.54, 1.807) is 0 Å². The van der Waals surface area contributed by atoms with Gasteiger partial charge in [0.2, 0.25) is 6.41 Å². The number of hydrogen-bond acceptors (Lipinski definition) is 2. The summed E-state index contributed by atoms with van der Waals surface area (Å²) in [5.74, 6) is 0. The summed E-state index contributed by atoms with van der Waals surface area (Å²) >= 11 is 11.5. The maximum atomic E-state index is 10.1. The third-order valence-corrected chi connectivity index (χ3v) is 1.97. The van der Waals surface area contributed by atoms with Gasteiger partial charge in [0.1, 0.15) is 0 Å². The molecule has 0 saturated heterocycles. The van der Waals surface area contributed by atoms with Crippen LogP contribution in [0.2, 0.25) is 10.0 Å². The van der Waals surface area contributed by atoms with Gasteiger partial charge in [0.05, 0.1) is 27.4 Å². The van der Waals surface area contributed by atoms with E-state index < -0.39 is 0 Å². The standard InChI is InChI=1S/C8H4Cl2N2O/c9-6-1-5(3-11)2-7(10)8(6)12-4-13/h1-2,4H,(H,12,13). The van der Waals surface area contributed by atoms with Crippen LogP contribution in [0.25, 0.3) is 0 Å². The summed E-state index contributed by atoms with van der Waals surface area (Å²) < 4.78 is 0. The van der Waals surface area contributed by atoms with Crippen molar-refractivity contribution < 1.29 is 4.79 Å². The second-order valence-electron chi connectivity index (χ2n) is 2.19. The van der Waals surface area contributed by atoms with E-state index in [0.717, 1.165) is 0 Å². The Morgan fingerprint density at radius 3 is 2.31 bits per heavy atom. The average Bonchev–Trinajstić information content (AvgIpc) is 2.11. The molecule has 13 heavy (non-hydrogen) atoms. The zero-order valence-corrected chi connectivity index (χ0v) is 7.86. The molecule has 0 aliphatic rings. The number of amides is 1. The Hall–Kier alpha value is -1.24. The van der Waals surface area contributed by atoms with Crippen LogP contribution >= 0.6 is 23.2 Å². The summed E-state index contributed by atoms with van der Waals surface area (Å²) in [5, 5.41) is 11.4. The lowest BCUT2D eigenvalue weighted by atomic mass is 10.2. The highest BCUT2D eigenvalue weighted by Gasteiger charge is 2.06. The number of rotatable bonds is 2. The molecule has 5 heteroatoms. The highest BCUT2D eigenvalue weighted by atomic mass is 35.5. The minimum atomic E-state index is 0.246. The van der Waals surface area contributed by atoms with Crippen LogP contribution in [0.5, 0.6) is 0 Å². The first-order valence-corrected chi connectivity index (χ1v) is 4.04. The fourth-order valence-electron chi connectivity index (χ4n) is 0.834. The van der Waals surface area contributed by atoms with Crippen LogP contribution in [0, 0.1) is 11.3 Å². The van der Waals surface area contributed by atoms with Gasteiger partial charge in [0.15, 0.2) is 0 Å². The Balaban J connectivity index is 3.24. The Bertz CT molecular complexity index is 361. The van der Waals surface area contributed by atoms with Crippen molar-refractivity contribution in [2.24, 2.45) is 0 Å². The predicted molar refractivity (Wildman–Crippen MR) is 50.9 cm³/mol. The molecule has 0 saturated carbocycles. The smallest absolute Gasteiger partial charge is 0.211 e. The number of nitrogens with one attached hydrogen (secondary N) is 1. The van der Waals surface area contributed by atoms with E-state index in [4.69, 9.17) is 28.5 Å². The van der Waals surface area contributed by atoms with Crippen LogP contribution in [0.3, 0.4) is 0 Å². The molecule has 0 atom stereocenters. The fourth-order valence-corrected chi connectivity index (χ4v) is 1.43. The first kappa shape index (κ1) is 9.85. The monoisotopic (exact) mass is 214 g/mol. The topological polar surface area (TPSA) is 52.9 Å². The molecule has 0 radical (unpaired) electrons. The predicted octanol–water partition coefficient (Wildman–Crippen LogP) is 2.43. The Labute approximate surface area is 84.9 Å². The molecule has 1 rings (SSSR count). The Morgan fingerprint density at radius 2 is 1.92 bits per heavy atom. The van der Waals surface area contributed by atoms with Crippen molar-refractivity contribution >= 4 is 35.3 Å². The SMILES string of the molecule is N#Cc1cc(Cl)c(NC=O)c(Cl)c1. The fraction of sp³-hybridized carbons (Fsp3) is 0. The van der Waals surface area contributed by atoms with Gasteiger partial charge in [-0.3, -0.25) is 4.79 Å². The third-order valence-electron chi connectivity index (χ3n) is 1.37. The molecular weight excluding hydrogens is 211 g/mol. The molecule has 0 spiro atoms. The largest absolute Gasteiger partial charge is 0.326 e. The molecule has 0 heterocycles. The van der Waals surface area contributed by atoms with Crippen molar-refractivity contribution in [2.45, 2.75) is 0 Å². The van der Waals surface area contributed by atoms with Crippen LogP contribution in [0.15, 0.2) is 12.1 Å². The van der Waals surface area contributed by atoms with Crippen molar-refractivity contribution in [1.29, 1.82) is 5.26 Å². The van der Waals surface area contributed by atoms with Crippen molar-refractivity contribution in [3.05, 3.63) is 27.7 Å². The minimum absolute atomic E-state index is 0.246.